The van der Waals surface area contributed by atoms with Crippen molar-refractivity contribution in [1.82, 2.24) is 9.78 Å². The Balaban J connectivity index is 2.40. The lowest BCUT2D eigenvalue weighted by Crippen LogP contribution is -2.13. The number of aromatic nitrogens is 2. The van der Waals surface area contributed by atoms with Crippen LogP contribution in [0.3, 0.4) is 0 Å². The second-order valence-corrected chi connectivity index (χ2v) is 4.92. The smallest absolute Gasteiger partial charge is 0.138 e. The van der Waals surface area contributed by atoms with E-state index in [0.29, 0.717) is 4.99 Å². The molecule has 1 aromatic heterocycles. The molecule has 0 aliphatic rings. The van der Waals surface area contributed by atoms with Crippen LogP contribution in [0.1, 0.15) is 23.7 Å². The first-order chi connectivity index (χ1) is 9.02. The Bertz CT molecular complexity index is 616. The van der Waals surface area contributed by atoms with E-state index in [1.807, 2.05) is 26.1 Å². The van der Waals surface area contributed by atoms with Gasteiger partial charge in [0.05, 0.1) is 11.3 Å². The van der Waals surface area contributed by atoms with Gasteiger partial charge in [-0.15, -0.1) is 0 Å². The Morgan fingerprint density at radius 1 is 1.47 bits per heavy atom. The molecule has 0 unspecified atom stereocenters. The molecule has 5 heteroatoms. The number of hydrogen-bond acceptors (Lipinski definition) is 3. The highest BCUT2D eigenvalue weighted by molar-refractivity contribution is 7.80. The molecule has 0 radical (unpaired) electrons. The summed E-state index contributed by atoms with van der Waals surface area (Å²) in [7, 11) is 1.88. The molecule has 19 heavy (non-hydrogen) atoms. The fraction of sp³-hybridized carbons (Fsp3) is 0.286. The highest BCUT2D eigenvalue weighted by Gasteiger charge is 2.15. The van der Waals surface area contributed by atoms with Gasteiger partial charge in [-0.3, -0.25) is 4.68 Å². The van der Waals surface area contributed by atoms with Crippen molar-refractivity contribution in [3.8, 4) is 0 Å². The minimum absolute atomic E-state index is 0.361. The molecule has 0 aliphatic heterocycles. The first-order valence-electron chi connectivity index (χ1n) is 6.22. The summed E-state index contributed by atoms with van der Waals surface area (Å²) in [5.74, 6) is 0.832. The Labute approximate surface area is 118 Å². The molecule has 0 atom stereocenters. The summed E-state index contributed by atoms with van der Waals surface area (Å²) >= 11 is 5.10. The van der Waals surface area contributed by atoms with Crippen molar-refractivity contribution in [3.05, 3.63) is 41.1 Å². The second kappa shape index (κ2) is 5.40. The van der Waals surface area contributed by atoms with Crippen LogP contribution >= 0.6 is 12.2 Å². The zero-order valence-corrected chi connectivity index (χ0v) is 12.2. The number of anilines is 2. The molecule has 1 heterocycles. The number of nitrogens with two attached hydrogens (primary N) is 1. The van der Waals surface area contributed by atoms with E-state index in [4.69, 9.17) is 18.0 Å². The van der Waals surface area contributed by atoms with Crippen molar-refractivity contribution < 1.29 is 0 Å². The van der Waals surface area contributed by atoms with Crippen molar-refractivity contribution in [3.63, 3.8) is 0 Å². The maximum Gasteiger partial charge on any atom is 0.138 e. The topological polar surface area (TPSA) is 55.9 Å². The molecule has 0 fully saturated rings. The van der Waals surface area contributed by atoms with E-state index in [0.717, 1.165) is 29.2 Å². The number of nitrogens with one attached hydrogen (secondary N) is 1. The molecular formula is C14H18N4S. The largest absolute Gasteiger partial charge is 0.389 e. The normalized spacial score (nSPS) is 10.5. The first kappa shape index (κ1) is 13.5. The summed E-state index contributed by atoms with van der Waals surface area (Å²) in [4.78, 5) is 0.361. The highest BCUT2D eigenvalue weighted by Crippen LogP contribution is 2.23. The number of aryl methyl sites for hydroxylation is 3. The molecule has 100 valence electrons. The zero-order valence-electron chi connectivity index (χ0n) is 11.4. The van der Waals surface area contributed by atoms with Crippen molar-refractivity contribution >= 4 is 28.7 Å². The van der Waals surface area contributed by atoms with Gasteiger partial charge in [-0.1, -0.05) is 31.3 Å². The number of hydrogen-bond donors (Lipinski definition) is 2. The van der Waals surface area contributed by atoms with Crippen molar-refractivity contribution in [1.29, 1.82) is 0 Å². The summed E-state index contributed by atoms with van der Waals surface area (Å²) in [5.41, 5.74) is 9.71. The molecule has 2 rings (SSSR count). The molecule has 1 aromatic carbocycles. The summed E-state index contributed by atoms with van der Waals surface area (Å²) in [5, 5.41) is 7.71. The van der Waals surface area contributed by atoms with E-state index >= 15 is 0 Å². The Hall–Kier alpha value is -1.88. The van der Waals surface area contributed by atoms with Gasteiger partial charge in [0.2, 0.25) is 0 Å². The SMILES string of the molecule is CCc1cccc(Nc2c(C(N)=S)c(C)nn2C)c1. The maximum absolute atomic E-state index is 5.78. The lowest BCUT2D eigenvalue weighted by molar-refractivity contribution is 0.765. The Morgan fingerprint density at radius 3 is 2.84 bits per heavy atom. The highest BCUT2D eigenvalue weighted by atomic mass is 32.1. The summed E-state index contributed by atoms with van der Waals surface area (Å²) in [6.45, 7) is 4.04. The fourth-order valence-corrected chi connectivity index (χ4v) is 2.35. The third kappa shape index (κ3) is 2.76. The van der Waals surface area contributed by atoms with Crippen LogP contribution in [0.5, 0.6) is 0 Å². The lowest BCUT2D eigenvalue weighted by Gasteiger charge is -2.10. The minimum Gasteiger partial charge on any atom is -0.389 e. The van der Waals surface area contributed by atoms with Crippen LogP contribution in [-0.2, 0) is 13.5 Å². The van der Waals surface area contributed by atoms with E-state index in [1.54, 1.807) is 4.68 Å². The van der Waals surface area contributed by atoms with Crippen molar-refractivity contribution in [2.45, 2.75) is 20.3 Å². The van der Waals surface area contributed by atoms with Crippen LogP contribution in [0, 0.1) is 6.92 Å². The molecule has 4 nitrogen and oxygen atoms in total. The monoisotopic (exact) mass is 274 g/mol. The standard InChI is InChI=1S/C14H18N4S/c1-4-10-6-5-7-11(8-10)16-14-12(13(15)19)9(2)17-18(14)3/h5-8,16H,4H2,1-3H3,(H2,15,19). The van der Waals surface area contributed by atoms with Crippen LogP contribution in [0.4, 0.5) is 11.5 Å². The number of benzene rings is 1. The van der Waals surface area contributed by atoms with Gasteiger partial charge in [-0.05, 0) is 31.0 Å². The number of rotatable bonds is 4. The second-order valence-electron chi connectivity index (χ2n) is 4.48. The third-order valence-corrected chi connectivity index (χ3v) is 3.27. The molecule has 0 amide bonds. The van der Waals surface area contributed by atoms with Crippen LogP contribution < -0.4 is 11.1 Å². The van der Waals surface area contributed by atoms with Gasteiger partial charge in [-0.2, -0.15) is 5.10 Å². The summed E-state index contributed by atoms with van der Waals surface area (Å²) < 4.78 is 1.77. The molecule has 0 saturated heterocycles. The number of nitrogens with zero attached hydrogens (tertiary/aromatic N) is 2. The molecule has 3 N–H and O–H groups in total. The van der Waals surface area contributed by atoms with Crippen LogP contribution in [0.25, 0.3) is 0 Å². The molecule has 0 aliphatic carbocycles. The van der Waals surface area contributed by atoms with E-state index in [9.17, 15) is 0 Å². The van der Waals surface area contributed by atoms with E-state index in [-0.39, 0.29) is 0 Å². The Morgan fingerprint density at radius 2 is 2.21 bits per heavy atom. The molecular weight excluding hydrogens is 256 g/mol. The third-order valence-electron chi connectivity index (χ3n) is 3.07. The van der Waals surface area contributed by atoms with Gasteiger partial charge >= 0.3 is 0 Å². The fourth-order valence-electron chi connectivity index (χ4n) is 2.10. The van der Waals surface area contributed by atoms with Gasteiger partial charge in [0.1, 0.15) is 10.8 Å². The molecule has 0 spiro atoms. The van der Waals surface area contributed by atoms with Crippen LogP contribution in [-0.4, -0.2) is 14.8 Å². The first-order valence-corrected chi connectivity index (χ1v) is 6.63. The van der Waals surface area contributed by atoms with Crippen LogP contribution in [0.15, 0.2) is 24.3 Å². The van der Waals surface area contributed by atoms with E-state index in [2.05, 4.69) is 29.5 Å². The van der Waals surface area contributed by atoms with Gasteiger partial charge < -0.3 is 11.1 Å². The van der Waals surface area contributed by atoms with Crippen LogP contribution in [0.2, 0.25) is 0 Å². The quantitative estimate of drug-likeness (QED) is 0.842. The average molecular weight is 274 g/mol. The Kier molecular flexibility index (Phi) is 3.85. The minimum atomic E-state index is 0.361. The maximum atomic E-state index is 5.78. The van der Waals surface area contributed by atoms with Gasteiger partial charge in [0, 0.05) is 12.7 Å². The van der Waals surface area contributed by atoms with Crippen molar-refractivity contribution in [2.75, 3.05) is 5.32 Å². The summed E-state index contributed by atoms with van der Waals surface area (Å²) in [6, 6.07) is 8.27. The molecule has 0 saturated carbocycles. The van der Waals surface area contributed by atoms with Gasteiger partial charge in [0.25, 0.3) is 0 Å². The van der Waals surface area contributed by atoms with Crippen molar-refractivity contribution in [2.24, 2.45) is 12.8 Å². The predicted octanol–water partition coefficient (Wildman–Crippen LogP) is 2.67. The molecule has 2 aromatic rings. The predicted molar refractivity (Wildman–Crippen MR) is 82.9 cm³/mol. The van der Waals surface area contributed by atoms with E-state index in [1.165, 1.54) is 5.56 Å². The molecule has 0 bridgehead atoms. The van der Waals surface area contributed by atoms with E-state index < -0.39 is 0 Å². The average Bonchev–Trinajstić information content (AvgIpc) is 2.64. The van der Waals surface area contributed by atoms with Gasteiger partial charge in [-0.25, -0.2) is 0 Å². The number of thiocarbonyl (C=S) groups is 1. The van der Waals surface area contributed by atoms with Gasteiger partial charge in [0.15, 0.2) is 0 Å². The lowest BCUT2D eigenvalue weighted by atomic mass is 10.1. The summed E-state index contributed by atoms with van der Waals surface area (Å²) in [6.07, 6.45) is 1.00. The zero-order chi connectivity index (χ0) is 14.0.